The lowest BCUT2D eigenvalue weighted by Gasteiger charge is -2.13. The average molecular weight is 531 g/mol. The molecule has 0 spiro atoms. The molecule has 0 fully saturated rings. The van der Waals surface area contributed by atoms with Gasteiger partial charge in [0.25, 0.3) is 10.0 Å². The van der Waals surface area contributed by atoms with Gasteiger partial charge < -0.3 is 0 Å². The maximum absolute atomic E-state index is 12.8. The lowest BCUT2D eigenvalue weighted by molar-refractivity contribution is -0.137. The van der Waals surface area contributed by atoms with Gasteiger partial charge in [-0.1, -0.05) is 35.3 Å². The third kappa shape index (κ3) is 5.27. The predicted octanol–water partition coefficient (Wildman–Crippen LogP) is 7.32. The monoisotopic (exact) mass is 530 g/mol. The number of halogens is 5. The Morgan fingerprint density at radius 3 is 2.42 bits per heavy atom. The molecule has 0 bridgehead atoms. The first-order chi connectivity index (χ1) is 15.4. The van der Waals surface area contributed by atoms with Crippen LogP contribution in [0.3, 0.4) is 0 Å². The maximum atomic E-state index is 12.8. The van der Waals surface area contributed by atoms with Gasteiger partial charge in [-0.05, 0) is 60.5 Å². The summed E-state index contributed by atoms with van der Waals surface area (Å²) in [4.78, 5) is 4.15. The van der Waals surface area contributed by atoms with E-state index in [1.54, 1.807) is 17.4 Å². The third-order valence-electron chi connectivity index (χ3n) is 4.78. The Morgan fingerprint density at radius 2 is 1.76 bits per heavy atom. The van der Waals surface area contributed by atoms with Gasteiger partial charge in [0.05, 0.1) is 31.5 Å². The fourth-order valence-electron chi connectivity index (χ4n) is 3.18. The van der Waals surface area contributed by atoms with E-state index >= 15 is 0 Å². The summed E-state index contributed by atoms with van der Waals surface area (Å²) >= 11 is 13.7. The molecule has 0 amide bonds. The number of thiazole rings is 1. The minimum Gasteiger partial charge on any atom is -0.280 e. The summed E-state index contributed by atoms with van der Waals surface area (Å²) in [6.45, 7) is 1.99. The van der Waals surface area contributed by atoms with Gasteiger partial charge in [-0.25, -0.2) is 13.4 Å². The van der Waals surface area contributed by atoms with Crippen LogP contribution in [-0.2, 0) is 22.6 Å². The molecule has 1 aromatic heterocycles. The van der Waals surface area contributed by atoms with Crippen LogP contribution >= 0.6 is 34.5 Å². The molecule has 0 aliphatic carbocycles. The van der Waals surface area contributed by atoms with Crippen molar-refractivity contribution in [1.29, 1.82) is 0 Å². The van der Waals surface area contributed by atoms with E-state index in [0.29, 0.717) is 23.6 Å². The number of aromatic nitrogens is 1. The number of hydrogen-bond acceptors (Lipinski definition) is 4. The molecule has 4 aromatic rings. The van der Waals surface area contributed by atoms with E-state index in [1.165, 1.54) is 12.1 Å². The van der Waals surface area contributed by atoms with Gasteiger partial charge in [-0.15, -0.1) is 11.3 Å². The lowest BCUT2D eigenvalue weighted by atomic mass is 10.1. The molecule has 4 nitrogen and oxygen atoms in total. The number of rotatable bonds is 5. The number of anilines is 1. The molecule has 0 aliphatic rings. The van der Waals surface area contributed by atoms with Gasteiger partial charge in [0.2, 0.25) is 0 Å². The van der Waals surface area contributed by atoms with Crippen LogP contribution in [0, 0.1) is 6.92 Å². The molecule has 3 aromatic carbocycles. The van der Waals surface area contributed by atoms with Crippen molar-refractivity contribution in [2.45, 2.75) is 24.4 Å². The Labute approximate surface area is 202 Å². The summed E-state index contributed by atoms with van der Waals surface area (Å²) in [5.41, 5.74) is 1.89. The molecular weight excluding hydrogens is 516 g/mol. The summed E-state index contributed by atoms with van der Waals surface area (Å²) < 4.78 is 67.2. The molecule has 0 aliphatic heterocycles. The van der Waals surface area contributed by atoms with Crippen molar-refractivity contribution in [3.63, 3.8) is 0 Å². The molecule has 1 heterocycles. The molecular formula is C22H15Cl2F3N2O2S2. The number of fused-ring (bicyclic) bond motifs is 1. The number of alkyl halides is 3. The highest BCUT2D eigenvalue weighted by atomic mass is 35.5. The van der Waals surface area contributed by atoms with Gasteiger partial charge in [0.15, 0.2) is 0 Å². The maximum Gasteiger partial charge on any atom is 0.416 e. The summed E-state index contributed by atoms with van der Waals surface area (Å²) in [5.74, 6) is 0. The molecule has 1 N–H and O–H groups in total. The standard InChI is InChI=1S/C22H15Cl2F3N2O2S2/c1-12-2-6-19-18(8-12)28-21(32-19)9-13-3-5-15(11-16(13)23)29-33(30,31)20-7-4-14(10-17(20)24)22(25,26)27/h2-8,10-11,29H,9H2,1H3. The van der Waals surface area contributed by atoms with Gasteiger partial charge in [-0.3, -0.25) is 4.72 Å². The molecule has 0 unspecified atom stereocenters. The van der Waals surface area contributed by atoms with E-state index < -0.39 is 31.7 Å². The van der Waals surface area contributed by atoms with Crippen LogP contribution < -0.4 is 4.72 Å². The first-order valence-corrected chi connectivity index (χ1v) is 12.5. The highest BCUT2D eigenvalue weighted by Crippen LogP contribution is 2.34. The zero-order chi connectivity index (χ0) is 24.0. The highest BCUT2D eigenvalue weighted by Gasteiger charge is 2.32. The van der Waals surface area contributed by atoms with Crippen LogP contribution in [0.2, 0.25) is 10.0 Å². The summed E-state index contributed by atoms with van der Waals surface area (Å²) in [5, 5.41) is 0.651. The Kier molecular flexibility index (Phi) is 6.34. The molecule has 0 saturated heterocycles. The molecule has 33 heavy (non-hydrogen) atoms. The average Bonchev–Trinajstić information content (AvgIpc) is 3.10. The van der Waals surface area contributed by atoms with E-state index in [2.05, 4.69) is 9.71 Å². The number of benzene rings is 3. The smallest absolute Gasteiger partial charge is 0.280 e. The van der Waals surface area contributed by atoms with E-state index in [9.17, 15) is 21.6 Å². The van der Waals surface area contributed by atoms with E-state index in [-0.39, 0.29) is 5.69 Å². The topological polar surface area (TPSA) is 59.1 Å². The van der Waals surface area contributed by atoms with Crippen molar-refractivity contribution >= 4 is 60.5 Å². The molecule has 0 radical (unpaired) electrons. The second-order valence-electron chi connectivity index (χ2n) is 7.31. The molecule has 172 valence electrons. The SMILES string of the molecule is Cc1ccc2sc(Cc3ccc(NS(=O)(=O)c4ccc(C(F)(F)F)cc4Cl)cc3Cl)nc2c1. The Bertz CT molecular complexity index is 1470. The lowest BCUT2D eigenvalue weighted by Crippen LogP contribution is -2.14. The number of nitrogens with zero attached hydrogens (tertiary/aromatic N) is 1. The van der Waals surface area contributed by atoms with Crippen LogP contribution in [-0.4, -0.2) is 13.4 Å². The van der Waals surface area contributed by atoms with E-state index in [4.69, 9.17) is 23.2 Å². The van der Waals surface area contributed by atoms with Gasteiger partial charge in [0.1, 0.15) is 4.90 Å². The predicted molar refractivity (Wildman–Crippen MR) is 126 cm³/mol. The summed E-state index contributed by atoms with van der Waals surface area (Å²) in [6.07, 6.45) is -4.17. The quantitative estimate of drug-likeness (QED) is 0.294. The largest absolute Gasteiger partial charge is 0.416 e. The Morgan fingerprint density at radius 1 is 1.00 bits per heavy atom. The van der Waals surface area contributed by atoms with E-state index in [0.717, 1.165) is 32.4 Å². The first-order valence-electron chi connectivity index (χ1n) is 9.46. The Balaban J connectivity index is 1.55. The fourth-order valence-corrected chi connectivity index (χ4v) is 6.00. The number of sulfonamides is 1. The minimum absolute atomic E-state index is 0.152. The van der Waals surface area contributed by atoms with Crippen molar-refractivity contribution in [1.82, 2.24) is 4.98 Å². The second-order valence-corrected chi connectivity index (χ2v) is 10.9. The van der Waals surface area contributed by atoms with Crippen LogP contribution in [0.4, 0.5) is 18.9 Å². The second kappa shape index (κ2) is 8.79. The Hall–Kier alpha value is -2.33. The van der Waals surface area contributed by atoms with Crippen LogP contribution in [0.5, 0.6) is 0 Å². The molecule has 4 rings (SSSR count). The van der Waals surface area contributed by atoms with Crippen molar-refractivity contribution in [2.24, 2.45) is 0 Å². The zero-order valence-corrected chi connectivity index (χ0v) is 20.0. The first kappa shape index (κ1) is 23.8. The van der Waals surface area contributed by atoms with Crippen molar-refractivity contribution < 1.29 is 21.6 Å². The van der Waals surface area contributed by atoms with Crippen molar-refractivity contribution in [2.75, 3.05) is 4.72 Å². The molecule has 11 heteroatoms. The third-order valence-corrected chi connectivity index (χ3v) is 8.04. The van der Waals surface area contributed by atoms with Gasteiger partial charge in [-0.2, -0.15) is 13.2 Å². The molecule has 0 saturated carbocycles. The summed E-state index contributed by atoms with van der Waals surface area (Å²) in [7, 11) is -4.23. The van der Waals surface area contributed by atoms with Crippen molar-refractivity contribution in [3.05, 3.63) is 86.3 Å². The highest BCUT2D eigenvalue weighted by molar-refractivity contribution is 7.92. The van der Waals surface area contributed by atoms with Gasteiger partial charge in [0, 0.05) is 11.4 Å². The number of aryl methyl sites for hydroxylation is 1. The normalized spacial score (nSPS) is 12.3. The van der Waals surface area contributed by atoms with Gasteiger partial charge >= 0.3 is 6.18 Å². The number of nitrogens with one attached hydrogen (secondary N) is 1. The van der Waals surface area contributed by atoms with Crippen LogP contribution in [0.25, 0.3) is 10.2 Å². The zero-order valence-electron chi connectivity index (χ0n) is 16.9. The van der Waals surface area contributed by atoms with E-state index in [1.807, 2.05) is 25.1 Å². The minimum atomic E-state index is -4.63. The number of hydrogen-bond donors (Lipinski definition) is 1. The van der Waals surface area contributed by atoms with Crippen LogP contribution in [0.15, 0.2) is 59.5 Å². The summed E-state index contributed by atoms with van der Waals surface area (Å²) in [6, 6.07) is 12.7. The fraction of sp³-hybridized carbons (Fsp3) is 0.136. The van der Waals surface area contributed by atoms with Crippen LogP contribution in [0.1, 0.15) is 21.7 Å². The molecule has 0 atom stereocenters. The van der Waals surface area contributed by atoms with Crippen molar-refractivity contribution in [3.8, 4) is 0 Å².